The number of carbonyl (C=O) groups is 1. The molecule has 4 rings (SSSR count). The monoisotopic (exact) mass is 486 g/mol. The number of ether oxygens (including phenoxy) is 1. The minimum atomic E-state index is -0.0488. The molecule has 3 aromatic rings. The van der Waals surface area contributed by atoms with Crippen LogP contribution in [0.15, 0.2) is 73.1 Å². The van der Waals surface area contributed by atoms with Crippen LogP contribution in [-0.2, 0) is 4.79 Å². The summed E-state index contributed by atoms with van der Waals surface area (Å²) in [5, 5.41) is 6.70. The minimum Gasteiger partial charge on any atom is -0.457 e. The second kappa shape index (κ2) is 12.2. The predicted molar refractivity (Wildman–Crippen MR) is 144 cm³/mol. The molecule has 1 aromatic heterocycles. The summed E-state index contributed by atoms with van der Waals surface area (Å²) in [4.78, 5) is 23.0. The largest absolute Gasteiger partial charge is 0.457 e. The van der Waals surface area contributed by atoms with E-state index in [0.29, 0.717) is 11.6 Å². The van der Waals surface area contributed by atoms with Crippen molar-refractivity contribution < 1.29 is 9.53 Å². The molecule has 36 heavy (non-hydrogen) atoms. The molecule has 1 aliphatic rings. The van der Waals surface area contributed by atoms with E-state index >= 15 is 0 Å². The molecule has 8 nitrogen and oxygen atoms in total. The molecule has 1 fully saturated rings. The third-order valence-electron chi connectivity index (χ3n) is 6.10. The maximum Gasteiger partial charge on any atom is 0.243 e. The smallest absolute Gasteiger partial charge is 0.243 e. The standard InChI is InChI=1S/C28H34N6O2/c1-34(2)17-7-12-25(35)32-21-8-6-9-22(18-21)33-28-26(27(29)30-19-31-28)20-13-15-24(16-14-20)36-23-10-4-3-5-11-23/h3-5,7,10-16,19,21-22H,6,8-9,17-18H2,1-2H3,(H,32,35)(H3,29,30,31,33)/t21-,22+/m0/s1. The summed E-state index contributed by atoms with van der Waals surface area (Å²) >= 11 is 0. The lowest BCUT2D eigenvalue weighted by molar-refractivity contribution is -0.117. The number of aromatic nitrogens is 2. The van der Waals surface area contributed by atoms with Crippen molar-refractivity contribution in [2.75, 3.05) is 31.7 Å². The number of carbonyl (C=O) groups excluding carboxylic acids is 1. The second-order valence-electron chi connectivity index (χ2n) is 9.30. The van der Waals surface area contributed by atoms with Crippen molar-refractivity contribution >= 4 is 17.5 Å². The lowest BCUT2D eigenvalue weighted by atomic mass is 9.90. The van der Waals surface area contributed by atoms with E-state index in [1.54, 1.807) is 6.08 Å². The lowest BCUT2D eigenvalue weighted by Crippen LogP contribution is -2.41. The van der Waals surface area contributed by atoms with Crippen molar-refractivity contribution in [2.24, 2.45) is 0 Å². The Bertz CT molecular complexity index is 1160. The summed E-state index contributed by atoms with van der Waals surface area (Å²) in [6, 6.07) is 17.7. The van der Waals surface area contributed by atoms with Gasteiger partial charge in [0.1, 0.15) is 29.5 Å². The molecule has 0 spiro atoms. The molecule has 1 aliphatic carbocycles. The van der Waals surface area contributed by atoms with Crippen LogP contribution >= 0.6 is 0 Å². The third-order valence-corrected chi connectivity index (χ3v) is 6.10. The van der Waals surface area contributed by atoms with Gasteiger partial charge >= 0.3 is 0 Å². The van der Waals surface area contributed by atoms with Crippen molar-refractivity contribution in [1.29, 1.82) is 0 Å². The van der Waals surface area contributed by atoms with E-state index in [4.69, 9.17) is 10.5 Å². The number of hydrogen-bond acceptors (Lipinski definition) is 7. The van der Waals surface area contributed by atoms with Gasteiger partial charge in [0.25, 0.3) is 0 Å². The van der Waals surface area contributed by atoms with Gasteiger partial charge in [-0.3, -0.25) is 4.79 Å². The molecule has 8 heteroatoms. The Morgan fingerprint density at radius 3 is 2.53 bits per heavy atom. The van der Waals surface area contributed by atoms with Gasteiger partial charge in [0.15, 0.2) is 0 Å². The molecular weight excluding hydrogens is 452 g/mol. The fourth-order valence-corrected chi connectivity index (χ4v) is 4.37. The van der Waals surface area contributed by atoms with Crippen LogP contribution in [0.2, 0.25) is 0 Å². The van der Waals surface area contributed by atoms with Gasteiger partial charge in [-0.25, -0.2) is 9.97 Å². The highest BCUT2D eigenvalue weighted by Gasteiger charge is 2.24. The van der Waals surface area contributed by atoms with Crippen LogP contribution in [0.25, 0.3) is 11.1 Å². The predicted octanol–water partition coefficient (Wildman–Crippen LogP) is 4.48. The van der Waals surface area contributed by atoms with Gasteiger partial charge in [0.05, 0.1) is 5.56 Å². The molecule has 1 heterocycles. The van der Waals surface area contributed by atoms with Gasteiger partial charge < -0.3 is 26.0 Å². The summed E-state index contributed by atoms with van der Waals surface area (Å²) in [5.41, 5.74) is 7.96. The van der Waals surface area contributed by atoms with Crippen LogP contribution in [0.4, 0.5) is 11.6 Å². The maximum absolute atomic E-state index is 12.3. The topological polar surface area (TPSA) is 105 Å². The van der Waals surface area contributed by atoms with Crippen LogP contribution in [0.3, 0.4) is 0 Å². The Morgan fingerprint density at radius 2 is 1.78 bits per heavy atom. The first-order chi connectivity index (χ1) is 17.5. The van der Waals surface area contributed by atoms with Gasteiger partial charge in [0.2, 0.25) is 5.91 Å². The van der Waals surface area contributed by atoms with E-state index in [1.165, 1.54) is 6.33 Å². The van der Waals surface area contributed by atoms with E-state index in [1.807, 2.05) is 79.7 Å². The number of nitrogens with one attached hydrogen (secondary N) is 2. The highest BCUT2D eigenvalue weighted by atomic mass is 16.5. The summed E-state index contributed by atoms with van der Waals surface area (Å²) in [5.74, 6) is 2.58. The average molecular weight is 487 g/mol. The number of nitrogens with two attached hydrogens (primary N) is 1. The van der Waals surface area contributed by atoms with Crippen LogP contribution in [0.1, 0.15) is 25.7 Å². The van der Waals surface area contributed by atoms with E-state index in [9.17, 15) is 4.79 Å². The van der Waals surface area contributed by atoms with Gasteiger partial charge in [-0.1, -0.05) is 36.4 Å². The second-order valence-corrected chi connectivity index (χ2v) is 9.30. The molecule has 188 valence electrons. The van der Waals surface area contributed by atoms with Gasteiger partial charge in [-0.15, -0.1) is 0 Å². The number of benzene rings is 2. The molecule has 0 radical (unpaired) electrons. The molecule has 2 aromatic carbocycles. The maximum atomic E-state index is 12.3. The molecule has 4 N–H and O–H groups in total. The first kappa shape index (κ1) is 25.2. The van der Waals surface area contributed by atoms with Gasteiger partial charge in [-0.05, 0) is 69.6 Å². The molecule has 2 atom stereocenters. The number of likely N-dealkylation sites (N-methyl/N-ethyl adjacent to an activating group) is 1. The van der Waals surface area contributed by atoms with Crippen molar-refractivity contribution in [1.82, 2.24) is 20.2 Å². The van der Waals surface area contributed by atoms with Crippen LogP contribution < -0.4 is 21.1 Å². The average Bonchev–Trinajstić information content (AvgIpc) is 2.86. The number of anilines is 2. The van der Waals surface area contributed by atoms with Crippen molar-refractivity contribution in [3.8, 4) is 22.6 Å². The van der Waals surface area contributed by atoms with Crippen molar-refractivity contribution in [2.45, 2.75) is 37.8 Å². The molecule has 1 amide bonds. The zero-order valence-corrected chi connectivity index (χ0v) is 20.9. The van der Waals surface area contributed by atoms with E-state index in [2.05, 4.69) is 20.6 Å². The molecule has 1 saturated carbocycles. The normalized spacial score (nSPS) is 17.8. The molecular formula is C28H34N6O2. The quantitative estimate of drug-likeness (QED) is 0.383. The van der Waals surface area contributed by atoms with Crippen LogP contribution in [-0.4, -0.2) is 53.5 Å². The zero-order valence-electron chi connectivity index (χ0n) is 20.9. The Morgan fingerprint density at radius 1 is 1.06 bits per heavy atom. The van der Waals surface area contributed by atoms with E-state index in [0.717, 1.165) is 54.9 Å². The highest BCUT2D eigenvalue weighted by molar-refractivity contribution is 5.87. The van der Waals surface area contributed by atoms with E-state index < -0.39 is 0 Å². The molecule has 0 bridgehead atoms. The minimum absolute atomic E-state index is 0.0488. The van der Waals surface area contributed by atoms with Crippen molar-refractivity contribution in [3.05, 3.63) is 73.1 Å². The summed E-state index contributed by atoms with van der Waals surface area (Å²) in [7, 11) is 3.95. The number of nitrogens with zero attached hydrogens (tertiary/aromatic N) is 3. The fraction of sp³-hybridized carbons (Fsp3) is 0.321. The van der Waals surface area contributed by atoms with Gasteiger partial charge in [-0.2, -0.15) is 0 Å². The summed E-state index contributed by atoms with van der Waals surface area (Å²) in [6.07, 6.45) is 8.77. The number of nitrogen functional groups attached to an aromatic ring is 1. The van der Waals surface area contributed by atoms with Crippen LogP contribution in [0, 0.1) is 0 Å². The Kier molecular flexibility index (Phi) is 8.52. The third kappa shape index (κ3) is 7.05. The zero-order chi connectivity index (χ0) is 25.3. The Balaban J connectivity index is 1.42. The first-order valence-corrected chi connectivity index (χ1v) is 12.3. The molecule has 0 unspecified atom stereocenters. The van der Waals surface area contributed by atoms with Crippen molar-refractivity contribution in [3.63, 3.8) is 0 Å². The number of para-hydroxylation sites is 1. The summed E-state index contributed by atoms with van der Waals surface area (Å²) < 4.78 is 5.91. The fourth-order valence-electron chi connectivity index (χ4n) is 4.37. The number of hydrogen-bond donors (Lipinski definition) is 3. The highest BCUT2D eigenvalue weighted by Crippen LogP contribution is 2.34. The van der Waals surface area contributed by atoms with Gasteiger partial charge in [0, 0.05) is 24.7 Å². The number of rotatable bonds is 9. The molecule has 0 aliphatic heterocycles. The Labute approximate surface area is 212 Å². The van der Waals surface area contributed by atoms with Crippen LogP contribution in [0.5, 0.6) is 11.5 Å². The lowest BCUT2D eigenvalue weighted by Gasteiger charge is -2.31. The van der Waals surface area contributed by atoms with E-state index in [-0.39, 0.29) is 18.0 Å². The molecule has 0 saturated heterocycles. The Hall–Kier alpha value is -3.91. The summed E-state index contributed by atoms with van der Waals surface area (Å²) in [6.45, 7) is 0.736. The first-order valence-electron chi connectivity index (χ1n) is 12.3. The number of amides is 1. The SMILES string of the molecule is CN(C)CC=CC(=O)N[C@H]1CCC[C@@H](Nc2ncnc(N)c2-c2ccc(Oc3ccccc3)cc2)C1.